The van der Waals surface area contributed by atoms with Gasteiger partial charge in [0.05, 0.1) is 30.7 Å². The molecule has 1 aliphatic rings. The highest BCUT2D eigenvalue weighted by molar-refractivity contribution is 9.10. The first-order valence-corrected chi connectivity index (χ1v) is 12.6. The number of hydrazone groups is 1. The summed E-state index contributed by atoms with van der Waals surface area (Å²) in [5, 5.41) is 3.98. The molecule has 180 valence electrons. The maximum Gasteiger partial charge on any atom is 0.271 e. The molecule has 0 radical (unpaired) electrons. The maximum atomic E-state index is 12.6. The van der Waals surface area contributed by atoms with Gasteiger partial charge in [0.1, 0.15) is 5.37 Å². The molecule has 0 bridgehead atoms. The fourth-order valence-corrected chi connectivity index (χ4v) is 5.53. The summed E-state index contributed by atoms with van der Waals surface area (Å²) in [5.41, 5.74) is 5.81. The fourth-order valence-electron chi connectivity index (χ4n) is 3.72. The van der Waals surface area contributed by atoms with E-state index >= 15 is 0 Å². The van der Waals surface area contributed by atoms with Crippen LogP contribution in [0, 0.1) is 0 Å². The minimum absolute atomic E-state index is 0.0821. The third-order valence-electron chi connectivity index (χ3n) is 5.46. The number of thioether (sulfide) groups is 1. The van der Waals surface area contributed by atoms with Gasteiger partial charge in [-0.15, -0.1) is 11.8 Å². The minimum atomic E-state index is -0.330. The van der Waals surface area contributed by atoms with Gasteiger partial charge in [-0.2, -0.15) is 5.10 Å². The summed E-state index contributed by atoms with van der Waals surface area (Å²) in [7, 11) is 3.11. The van der Waals surface area contributed by atoms with Gasteiger partial charge in [-0.3, -0.25) is 9.59 Å². The van der Waals surface area contributed by atoms with Crippen molar-refractivity contribution in [2.75, 3.05) is 20.0 Å². The normalized spacial score (nSPS) is 15.5. The van der Waals surface area contributed by atoms with Crippen molar-refractivity contribution < 1.29 is 19.1 Å². The molecule has 3 aromatic rings. The van der Waals surface area contributed by atoms with E-state index in [9.17, 15) is 9.59 Å². The van der Waals surface area contributed by atoms with Crippen molar-refractivity contribution in [1.29, 1.82) is 0 Å². The van der Waals surface area contributed by atoms with Crippen LogP contribution in [0.1, 0.15) is 32.4 Å². The van der Waals surface area contributed by atoms with E-state index in [1.165, 1.54) is 6.21 Å². The third-order valence-corrected chi connectivity index (χ3v) is 7.30. The van der Waals surface area contributed by atoms with Gasteiger partial charge < -0.3 is 14.4 Å². The van der Waals surface area contributed by atoms with Gasteiger partial charge in [-0.05, 0) is 56.9 Å². The van der Waals surface area contributed by atoms with E-state index in [1.54, 1.807) is 44.2 Å². The summed E-state index contributed by atoms with van der Waals surface area (Å²) in [6, 6.07) is 20.8. The van der Waals surface area contributed by atoms with Gasteiger partial charge in [0.15, 0.2) is 11.5 Å². The van der Waals surface area contributed by atoms with E-state index < -0.39 is 0 Å². The molecule has 0 spiro atoms. The van der Waals surface area contributed by atoms with Crippen molar-refractivity contribution in [3.63, 3.8) is 0 Å². The lowest BCUT2D eigenvalue weighted by molar-refractivity contribution is -0.128. The highest BCUT2D eigenvalue weighted by Crippen LogP contribution is 2.39. The number of carbonyl (C=O) groups excluding carboxylic acids is 2. The zero-order chi connectivity index (χ0) is 24.8. The van der Waals surface area contributed by atoms with Crippen LogP contribution in [-0.4, -0.2) is 42.9 Å². The van der Waals surface area contributed by atoms with E-state index in [4.69, 9.17) is 9.47 Å². The molecular formula is C26H24BrN3O4S. The molecule has 0 unspecified atom stereocenters. The molecule has 1 N–H and O–H groups in total. The molecule has 9 heteroatoms. The van der Waals surface area contributed by atoms with Crippen molar-refractivity contribution in [3.8, 4) is 11.5 Å². The van der Waals surface area contributed by atoms with Gasteiger partial charge in [-0.1, -0.05) is 42.5 Å². The predicted octanol–water partition coefficient (Wildman–Crippen LogP) is 5.00. The summed E-state index contributed by atoms with van der Waals surface area (Å²) in [6.45, 7) is 0.556. The molecule has 35 heavy (non-hydrogen) atoms. The van der Waals surface area contributed by atoms with Crippen molar-refractivity contribution >= 4 is 45.7 Å². The number of nitrogens with zero attached hydrogens (tertiary/aromatic N) is 2. The lowest BCUT2D eigenvalue weighted by atomic mass is 10.1. The standard InChI is InChI=1S/C26H24BrN3O4S/c1-33-22-13-18(12-21(27)24(22)34-2)14-28-29-25(32)19-8-10-20(11-9-19)26-30(23(31)16-35-26)15-17-6-4-3-5-7-17/h3-14,26H,15-16H2,1-2H3,(H,29,32)/b28-14-/t26-/m0/s1. The van der Waals surface area contributed by atoms with Crippen LogP contribution in [0.15, 0.2) is 76.3 Å². The lowest BCUT2D eigenvalue weighted by Gasteiger charge is -2.24. The summed E-state index contributed by atoms with van der Waals surface area (Å²) in [5.74, 6) is 1.36. The third kappa shape index (κ3) is 5.86. The van der Waals surface area contributed by atoms with Crippen LogP contribution in [0.25, 0.3) is 0 Å². The van der Waals surface area contributed by atoms with Crippen LogP contribution >= 0.6 is 27.7 Å². The van der Waals surface area contributed by atoms with Gasteiger partial charge in [0, 0.05) is 12.1 Å². The molecule has 4 rings (SSSR count). The van der Waals surface area contributed by atoms with E-state index in [0.29, 0.717) is 33.8 Å². The molecule has 7 nitrogen and oxygen atoms in total. The predicted molar refractivity (Wildman–Crippen MR) is 141 cm³/mol. The summed E-state index contributed by atoms with van der Waals surface area (Å²) < 4.78 is 11.3. The lowest BCUT2D eigenvalue weighted by Crippen LogP contribution is -2.27. The molecule has 1 atom stereocenters. The first-order chi connectivity index (χ1) is 17.0. The topological polar surface area (TPSA) is 80.2 Å². The van der Waals surface area contributed by atoms with Gasteiger partial charge in [0.2, 0.25) is 5.91 Å². The van der Waals surface area contributed by atoms with Crippen LogP contribution in [0.5, 0.6) is 11.5 Å². The quantitative estimate of drug-likeness (QED) is 0.313. The molecule has 3 aromatic carbocycles. The van der Waals surface area contributed by atoms with Crippen LogP contribution in [-0.2, 0) is 11.3 Å². The zero-order valence-corrected chi connectivity index (χ0v) is 21.6. The van der Waals surface area contributed by atoms with E-state index in [1.807, 2.05) is 53.4 Å². The number of hydrogen-bond donors (Lipinski definition) is 1. The molecule has 1 aliphatic heterocycles. The molecule has 1 saturated heterocycles. The van der Waals surface area contributed by atoms with Crippen molar-refractivity contribution in [1.82, 2.24) is 10.3 Å². The van der Waals surface area contributed by atoms with Crippen molar-refractivity contribution in [2.24, 2.45) is 5.10 Å². The number of amides is 2. The SMILES string of the molecule is COc1cc(/C=N\NC(=O)c2ccc([C@@H]3SCC(=O)N3Cc3ccccc3)cc2)cc(Br)c1OC. The highest BCUT2D eigenvalue weighted by atomic mass is 79.9. The number of rotatable bonds is 8. The van der Waals surface area contributed by atoms with E-state index in [-0.39, 0.29) is 17.2 Å². The Morgan fingerprint density at radius 2 is 1.89 bits per heavy atom. The molecule has 1 fully saturated rings. The molecule has 1 heterocycles. The number of carbonyl (C=O) groups is 2. The number of halogens is 1. The Hall–Kier alpha value is -3.30. The number of nitrogens with one attached hydrogen (secondary N) is 1. The van der Waals surface area contributed by atoms with Gasteiger partial charge >= 0.3 is 0 Å². The first kappa shape index (κ1) is 24.8. The Morgan fingerprint density at radius 3 is 2.57 bits per heavy atom. The van der Waals surface area contributed by atoms with Crippen molar-refractivity contribution in [3.05, 3.63) is 93.5 Å². The average molecular weight is 554 g/mol. The Morgan fingerprint density at radius 1 is 1.14 bits per heavy atom. The molecule has 0 aromatic heterocycles. The zero-order valence-electron chi connectivity index (χ0n) is 19.2. The Kier molecular flexibility index (Phi) is 8.09. The van der Waals surface area contributed by atoms with Crippen LogP contribution in [0.4, 0.5) is 0 Å². The Bertz CT molecular complexity index is 1240. The van der Waals surface area contributed by atoms with Gasteiger partial charge in [0.25, 0.3) is 5.91 Å². The van der Waals surface area contributed by atoms with Crippen LogP contribution in [0.3, 0.4) is 0 Å². The largest absolute Gasteiger partial charge is 0.493 e. The molecule has 0 aliphatic carbocycles. The second-order valence-electron chi connectivity index (χ2n) is 7.73. The van der Waals surface area contributed by atoms with E-state index in [0.717, 1.165) is 16.7 Å². The van der Waals surface area contributed by atoms with Crippen molar-refractivity contribution in [2.45, 2.75) is 11.9 Å². The molecule has 2 amide bonds. The smallest absolute Gasteiger partial charge is 0.271 e. The second kappa shape index (κ2) is 11.4. The minimum Gasteiger partial charge on any atom is -0.493 e. The first-order valence-electron chi connectivity index (χ1n) is 10.8. The summed E-state index contributed by atoms with van der Waals surface area (Å²) in [6.07, 6.45) is 1.53. The van der Waals surface area contributed by atoms with Gasteiger partial charge in [-0.25, -0.2) is 5.43 Å². The van der Waals surface area contributed by atoms with Crippen LogP contribution < -0.4 is 14.9 Å². The fraction of sp³-hybridized carbons (Fsp3) is 0.192. The Labute approximate surface area is 216 Å². The number of benzene rings is 3. The molecule has 0 saturated carbocycles. The average Bonchev–Trinajstić information content (AvgIpc) is 3.24. The number of methoxy groups -OCH3 is 2. The highest BCUT2D eigenvalue weighted by Gasteiger charge is 2.32. The monoisotopic (exact) mass is 553 g/mol. The second-order valence-corrected chi connectivity index (χ2v) is 9.65. The number of ether oxygens (including phenoxy) is 2. The molecular weight excluding hydrogens is 530 g/mol. The maximum absolute atomic E-state index is 12.6. The summed E-state index contributed by atoms with van der Waals surface area (Å²) >= 11 is 5.03. The van der Waals surface area contributed by atoms with E-state index in [2.05, 4.69) is 26.5 Å². The summed E-state index contributed by atoms with van der Waals surface area (Å²) in [4.78, 5) is 26.9. The number of hydrogen-bond acceptors (Lipinski definition) is 6. The van der Waals surface area contributed by atoms with Crippen LogP contribution in [0.2, 0.25) is 0 Å². The Balaban J connectivity index is 1.41.